The topological polar surface area (TPSA) is 51.5 Å². The normalized spacial score (nSPS) is 19.7. The van der Waals surface area contributed by atoms with E-state index in [1.807, 2.05) is 37.3 Å². The van der Waals surface area contributed by atoms with Gasteiger partial charge in [-0.25, -0.2) is 0 Å². The Bertz CT molecular complexity index is 648. The fraction of sp³-hybridized carbons (Fsp3) is 0.389. The summed E-state index contributed by atoms with van der Waals surface area (Å²) < 4.78 is 11.0. The number of aryl methyl sites for hydroxylation is 1. The molecule has 0 radical (unpaired) electrons. The zero-order chi connectivity index (χ0) is 15.5. The lowest BCUT2D eigenvalue weighted by molar-refractivity contribution is -0.117. The van der Waals surface area contributed by atoms with Crippen LogP contribution in [0.2, 0.25) is 0 Å². The largest absolute Gasteiger partial charge is 0.494 e. The van der Waals surface area contributed by atoms with Crippen LogP contribution in [0, 0.1) is 12.8 Å². The summed E-state index contributed by atoms with van der Waals surface area (Å²) in [5.41, 5.74) is 1.86. The lowest BCUT2D eigenvalue weighted by Gasteiger charge is -2.11. The van der Waals surface area contributed by atoms with Crippen molar-refractivity contribution in [1.29, 1.82) is 0 Å². The molecule has 1 aromatic heterocycles. The molecule has 1 aromatic carbocycles. The van der Waals surface area contributed by atoms with Crippen molar-refractivity contribution in [2.24, 2.45) is 5.92 Å². The Labute approximate surface area is 130 Å². The minimum atomic E-state index is 0.0153. The van der Waals surface area contributed by atoms with Crippen LogP contribution in [0.3, 0.4) is 0 Å². The third kappa shape index (κ3) is 3.16. The Morgan fingerprint density at radius 2 is 2.27 bits per heavy atom. The number of rotatable bonds is 6. The highest BCUT2D eigenvalue weighted by Gasteiger charge is 2.45. The van der Waals surface area contributed by atoms with Gasteiger partial charge in [0, 0.05) is 17.5 Å². The second kappa shape index (κ2) is 6.26. The van der Waals surface area contributed by atoms with Gasteiger partial charge in [0.15, 0.2) is 0 Å². The van der Waals surface area contributed by atoms with Gasteiger partial charge in [-0.3, -0.25) is 4.79 Å². The fourth-order valence-corrected chi connectivity index (χ4v) is 2.61. The molecule has 22 heavy (non-hydrogen) atoms. The Morgan fingerprint density at radius 1 is 1.41 bits per heavy atom. The second-order valence-electron chi connectivity index (χ2n) is 5.78. The molecule has 0 saturated heterocycles. The first-order chi connectivity index (χ1) is 10.7. The van der Waals surface area contributed by atoms with Crippen LogP contribution in [0.25, 0.3) is 0 Å². The van der Waals surface area contributed by atoms with Crippen molar-refractivity contribution in [3.63, 3.8) is 0 Å². The molecule has 0 aliphatic heterocycles. The highest BCUT2D eigenvalue weighted by Crippen LogP contribution is 2.48. The van der Waals surface area contributed by atoms with Crippen LogP contribution in [0.5, 0.6) is 5.75 Å². The van der Waals surface area contributed by atoms with Gasteiger partial charge < -0.3 is 14.5 Å². The van der Waals surface area contributed by atoms with Gasteiger partial charge in [0.2, 0.25) is 5.91 Å². The zero-order valence-corrected chi connectivity index (χ0v) is 13.0. The highest BCUT2D eigenvalue weighted by molar-refractivity contribution is 5.95. The highest BCUT2D eigenvalue weighted by atomic mass is 16.5. The standard InChI is InChI=1S/C18H21NO3/c1-3-8-21-13-6-7-16(12(2)10-13)19-18(20)15-11-14(15)17-5-4-9-22-17/h4-7,9-10,14-15H,3,8,11H2,1-2H3,(H,19,20). The number of benzene rings is 1. The molecule has 1 amide bonds. The number of anilines is 1. The van der Waals surface area contributed by atoms with E-state index in [9.17, 15) is 4.79 Å². The molecular weight excluding hydrogens is 278 g/mol. The molecule has 4 heteroatoms. The molecule has 0 spiro atoms. The molecule has 1 heterocycles. The van der Waals surface area contributed by atoms with E-state index in [2.05, 4.69) is 12.2 Å². The number of amides is 1. The van der Waals surface area contributed by atoms with Crippen molar-refractivity contribution in [2.45, 2.75) is 32.6 Å². The van der Waals surface area contributed by atoms with Gasteiger partial charge >= 0.3 is 0 Å². The van der Waals surface area contributed by atoms with E-state index in [0.717, 1.165) is 35.6 Å². The first-order valence-corrected chi connectivity index (χ1v) is 7.76. The van der Waals surface area contributed by atoms with E-state index in [1.54, 1.807) is 6.26 Å². The Hall–Kier alpha value is -2.23. The number of furan rings is 1. The van der Waals surface area contributed by atoms with Gasteiger partial charge in [-0.1, -0.05) is 6.92 Å². The monoisotopic (exact) mass is 299 g/mol. The Balaban J connectivity index is 1.60. The summed E-state index contributed by atoms with van der Waals surface area (Å²) in [7, 11) is 0. The van der Waals surface area contributed by atoms with Crippen LogP contribution in [0.4, 0.5) is 5.69 Å². The first kappa shape index (κ1) is 14.7. The molecular formula is C18H21NO3. The van der Waals surface area contributed by atoms with Crippen molar-refractivity contribution in [3.05, 3.63) is 47.9 Å². The van der Waals surface area contributed by atoms with Crippen molar-refractivity contribution in [3.8, 4) is 5.75 Å². The van der Waals surface area contributed by atoms with E-state index in [-0.39, 0.29) is 17.7 Å². The molecule has 1 aliphatic carbocycles. The predicted octanol–water partition coefficient (Wildman–Crippen LogP) is 4.12. The smallest absolute Gasteiger partial charge is 0.228 e. The van der Waals surface area contributed by atoms with Crippen molar-refractivity contribution < 1.29 is 13.9 Å². The molecule has 3 rings (SSSR count). The van der Waals surface area contributed by atoms with Gasteiger partial charge in [-0.05, 0) is 55.7 Å². The summed E-state index contributed by atoms with van der Waals surface area (Å²) in [6.07, 6.45) is 3.49. The van der Waals surface area contributed by atoms with E-state index >= 15 is 0 Å². The number of hydrogen-bond acceptors (Lipinski definition) is 3. The summed E-state index contributed by atoms with van der Waals surface area (Å²) in [6, 6.07) is 9.56. The van der Waals surface area contributed by atoms with E-state index in [1.165, 1.54) is 0 Å². The molecule has 0 bridgehead atoms. The van der Waals surface area contributed by atoms with Crippen LogP contribution in [0.1, 0.15) is 37.0 Å². The quantitative estimate of drug-likeness (QED) is 0.873. The minimum absolute atomic E-state index is 0.0153. The fourth-order valence-electron chi connectivity index (χ4n) is 2.61. The maximum absolute atomic E-state index is 12.3. The van der Waals surface area contributed by atoms with Gasteiger partial charge in [-0.15, -0.1) is 0 Å². The summed E-state index contributed by atoms with van der Waals surface area (Å²) in [6.45, 7) is 4.76. The number of nitrogens with one attached hydrogen (secondary N) is 1. The van der Waals surface area contributed by atoms with E-state index < -0.39 is 0 Å². The SMILES string of the molecule is CCCOc1ccc(NC(=O)C2CC2c2ccco2)c(C)c1. The van der Waals surface area contributed by atoms with Gasteiger partial charge in [0.1, 0.15) is 11.5 Å². The van der Waals surface area contributed by atoms with E-state index in [4.69, 9.17) is 9.15 Å². The second-order valence-corrected chi connectivity index (χ2v) is 5.78. The molecule has 1 N–H and O–H groups in total. The average Bonchev–Trinajstić information content (AvgIpc) is 3.13. The molecule has 2 aromatic rings. The summed E-state index contributed by atoms with van der Waals surface area (Å²) >= 11 is 0. The Kier molecular flexibility index (Phi) is 4.18. The van der Waals surface area contributed by atoms with Crippen molar-refractivity contribution in [2.75, 3.05) is 11.9 Å². The molecule has 1 saturated carbocycles. The number of hydrogen-bond donors (Lipinski definition) is 1. The lowest BCUT2D eigenvalue weighted by Crippen LogP contribution is -2.15. The molecule has 2 unspecified atom stereocenters. The van der Waals surface area contributed by atoms with Crippen LogP contribution < -0.4 is 10.1 Å². The Morgan fingerprint density at radius 3 is 2.95 bits per heavy atom. The summed E-state index contributed by atoms with van der Waals surface area (Å²) in [5, 5.41) is 3.01. The van der Waals surface area contributed by atoms with Crippen LogP contribution in [-0.4, -0.2) is 12.5 Å². The molecule has 116 valence electrons. The predicted molar refractivity (Wildman–Crippen MR) is 85.2 cm³/mol. The summed E-state index contributed by atoms with van der Waals surface area (Å²) in [5.74, 6) is 2.05. The number of carbonyl (C=O) groups is 1. The van der Waals surface area contributed by atoms with Crippen LogP contribution >= 0.6 is 0 Å². The number of carbonyl (C=O) groups excluding carboxylic acids is 1. The zero-order valence-electron chi connectivity index (χ0n) is 13.0. The third-order valence-corrected chi connectivity index (χ3v) is 3.96. The minimum Gasteiger partial charge on any atom is -0.494 e. The molecule has 1 fully saturated rings. The molecule has 4 nitrogen and oxygen atoms in total. The van der Waals surface area contributed by atoms with Gasteiger partial charge in [0.25, 0.3) is 0 Å². The third-order valence-electron chi connectivity index (χ3n) is 3.96. The van der Waals surface area contributed by atoms with E-state index in [0.29, 0.717) is 6.61 Å². The van der Waals surface area contributed by atoms with Crippen LogP contribution in [-0.2, 0) is 4.79 Å². The molecule has 1 aliphatic rings. The van der Waals surface area contributed by atoms with Gasteiger partial charge in [0.05, 0.1) is 12.9 Å². The first-order valence-electron chi connectivity index (χ1n) is 7.76. The molecule has 2 atom stereocenters. The van der Waals surface area contributed by atoms with Crippen molar-refractivity contribution >= 4 is 11.6 Å². The lowest BCUT2D eigenvalue weighted by atomic mass is 10.1. The maximum atomic E-state index is 12.3. The maximum Gasteiger partial charge on any atom is 0.228 e. The van der Waals surface area contributed by atoms with Gasteiger partial charge in [-0.2, -0.15) is 0 Å². The summed E-state index contributed by atoms with van der Waals surface area (Å²) in [4.78, 5) is 12.3. The van der Waals surface area contributed by atoms with Crippen molar-refractivity contribution in [1.82, 2.24) is 0 Å². The number of ether oxygens (including phenoxy) is 1. The van der Waals surface area contributed by atoms with Crippen LogP contribution in [0.15, 0.2) is 41.0 Å². The average molecular weight is 299 g/mol.